The number of hydrogen-bond acceptors (Lipinski definition) is 2. The van der Waals surface area contributed by atoms with E-state index in [1.54, 1.807) is 4.90 Å². The number of benzene rings is 1. The SMILES string of the molecule is C#Cc1cccc(C2CCN(C(=O)OC(C)(C)C)CC2)c1. The minimum atomic E-state index is -0.435. The third kappa shape index (κ3) is 4.26. The van der Waals surface area contributed by atoms with Crippen molar-refractivity contribution < 1.29 is 9.53 Å². The standard InChI is InChI=1S/C18H23NO2/c1-5-14-7-6-8-16(13-14)15-9-11-19(12-10-15)17(20)21-18(2,3)4/h1,6-8,13,15H,9-12H2,2-4H3. The van der Waals surface area contributed by atoms with E-state index in [0.29, 0.717) is 5.92 Å². The third-order valence-electron chi connectivity index (χ3n) is 3.67. The highest BCUT2D eigenvalue weighted by atomic mass is 16.6. The lowest BCUT2D eigenvalue weighted by Crippen LogP contribution is -2.41. The largest absolute Gasteiger partial charge is 0.444 e. The van der Waals surface area contributed by atoms with Crippen molar-refractivity contribution in [3.05, 3.63) is 35.4 Å². The Bertz CT molecular complexity index is 543. The number of carbonyl (C=O) groups excluding carboxylic acids is 1. The van der Waals surface area contributed by atoms with Gasteiger partial charge in [-0.2, -0.15) is 0 Å². The Morgan fingerprint density at radius 1 is 1.33 bits per heavy atom. The Balaban J connectivity index is 1.94. The maximum absolute atomic E-state index is 12.0. The van der Waals surface area contributed by atoms with Crippen LogP contribution in [0.2, 0.25) is 0 Å². The second kappa shape index (κ2) is 6.22. The van der Waals surface area contributed by atoms with Crippen LogP contribution in [0.25, 0.3) is 0 Å². The van der Waals surface area contributed by atoms with Crippen LogP contribution >= 0.6 is 0 Å². The van der Waals surface area contributed by atoms with Gasteiger partial charge in [0.05, 0.1) is 0 Å². The van der Waals surface area contributed by atoms with E-state index in [0.717, 1.165) is 31.5 Å². The van der Waals surface area contributed by atoms with Crippen LogP contribution < -0.4 is 0 Å². The molecule has 0 bridgehead atoms. The van der Waals surface area contributed by atoms with Gasteiger partial charge < -0.3 is 9.64 Å². The summed E-state index contributed by atoms with van der Waals surface area (Å²) in [6.07, 6.45) is 7.14. The van der Waals surface area contributed by atoms with E-state index in [-0.39, 0.29) is 6.09 Å². The summed E-state index contributed by atoms with van der Waals surface area (Å²) in [7, 11) is 0. The highest BCUT2D eigenvalue weighted by molar-refractivity contribution is 5.68. The highest BCUT2D eigenvalue weighted by Gasteiger charge is 2.27. The van der Waals surface area contributed by atoms with Gasteiger partial charge in [0.15, 0.2) is 0 Å². The van der Waals surface area contributed by atoms with E-state index in [1.165, 1.54) is 5.56 Å². The molecule has 1 heterocycles. The van der Waals surface area contributed by atoms with E-state index in [9.17, 15) is 4.79 Å². The fraction of sp³-hybridized carbons (Fsp3) is 0.500. The first kappa shape index (κ1) is 15.4. The topological polar surface area (TPSA) is 29.5 Å². The molecule has 1 aliphatic rings. The smallest absolute Gasteiger partial charge is 0.410 e. The molecule has 0 N–H and O–H groups in total. The van der Waals surface area contributed by atoms with Crippen molar-refractivity contribution in [2.75, 3.05) is 13.1 Å². The Morgan fingerprint density at radius 3 is 2.57 bits per heavy atom. The van der Waals surface area contributed by atoms with Crippen molar-refractivity contribution >= 4 is 6.09 Å². The molecule has 1 saturated heterocycles. The average molecular weight is 285 g/mol. The van der Waals surface area contributed by atoms with Gasteiger partial charge >= 0.3 is 6.09 Å². The molecule has 1 aromatic carbocycles. The van der Waals surface area contributed by atoms with E-state index < -0.39 is 5.60 Å². The number of amides is 1. The highest BCUT2D eigenvalue weighted by Crippen LogP contribution is 2.29. The fourth-order valence-corrected chi connectivity index (χ4v) is 2.60. The number of likely N-dealkylation sites (tertiary alicyclic amines) is 1. The lowest BCUT2D eigenvalue weighted by atomic mass is 9.89. The summed E-state index contributed by atoms with van der Waals surface area (Å²) in [5.41, 5.74) is 1.76. The molecule has 1 aromatic rings. The summed E-state index contributed by atoms with van der Waals surface area (Å²) in [4.78, 5) is 13.8. The average Bonchev–Trinajstić information content (AvgIpc) is 2.46. The molecule has 0 radical (unpaired) electrons. The summed E-state index contributed by atoms with van der Waals surface area (Å²) in [6, 6.07) is 8.15. The van der Waals surface area contributed by atoms with Gasteiger partial charge in [-0.25, -0.2) is 4.79 Å². The van der Waals surface area contributed by atoms with Crippen LogP contribution in [0.15, 0.2) is 24.3 Å². The van der Waals surface area contributed by atoms with Crippen LogP contribution in [-0.2, 0) is 4.74 Å². The minimum absolute atomic E-state index is 0.210. The van der Waals surface area contributed by atoms with Gasteiger partial charge in [-0.05, 0) is 57.2 Å². The molecule has 0 spiro atoms. The monoisotopic (exact) mass is 285 g/mol. The number of nitrogens with zero attached hydrogens (tertiary/aromatic N) is 1. The summed E-state index contributed by atoms with van der Waals surface area (Å²) < 4.78 is 5.42. The molecule has 21 heavy (non-hydrogen) atoms. The van der Waals surface area contributed by atoms with Crippen LogP contribution in [0.5, 0.6) is 0 Å². The molecule has 1 fully saturated rings. The zero-order valence-electron chi connectivity index (χ0n) is 13.1. The van der Waals surface area contributed by atoms with Gasteiger partial charge in [-0.3, -0.25) is 0 Å². The van der Waals surface area contributed by atoms with E-state index >= 15 is 0 Å². The molecular weight excluding hydrogens is 262 g/mol. The van der Waals surface area contributed by atoms with Crippen LogP contribution in [0.3, 0.4) is 0 Å². The van der Waals surface area contributed by atoms with Gasteiger partial charge in [0.1, 0.15) is 5.60 Å². The normalized spacial score (nSPS) is 16.4. The van der Waals surface area contributed by atoms with Crippen molar-refractivity contribution in [3.8, 4) is 12.3 Å². The molecule has 0 aliphatic carbocycles. The summed E-state index contributed by atoms with van der Waals surface area (Å²) in [5.74, 6) is 3.14. The first-order valence-electron chi connectivity index (χ1n) is 7.43. The van der Waals surface area contributed by atoms with Crippen molar-refractivity contribution in [2.45, 2.75) is 45.1 Å². The Morgan fingerprint density at radius 2 is 2.00 bits per heavy atom. The number of terminal acetylenes is 1. The number of ether oxygens (including phenoxy) is 1. The zero-order valence-corrected chi connectivity index (χ0v) is 13.1. The van der Waals surface area contributed by atoms with Crippen molar-refractivity contribution in [1.82, 2.24) is 4.90 Å². The van der Waals surface area contributed by atoms with Gasteiger partial charge in [0.2, 0.25) is 0 Å². The molecule has 1 aliphatic heterocycles. The fourth-order valence-electron chi connectivity index (χ4n) is 2.60. The molecule has 3 heteroatoms. The first-order valence-corrected chi connectivity index (χ1v) is 7.43. The summed E-state index contributed by atoms with van der Waals surface area (Å²) in [6.45, 7) is 7.15. The molecule has 3 nitrogen and oxygen atoms in total. The second-order valence-electron chi connectivity index (χ2n) is 6.51. The number of piperidine rings is 1. The Labute approximate surface area is 127 Å². The maximum atomic E-state index is 12.0. The predicted molar refractivity (Wildman–Crippen MR) is 84.2 cm³/mol. The molecule has 0 unspecified atom stereocenters. The lowest BCUT2D eigenvalue weighted by Gasteiger charge is -2.33. The first-order chi connectivity index (χ1) is 9.89. The molecule has 112 valence electrons. The molecule has 0 atom stereocenters. The molecule has 1 amide bonds. The van der Waals surface area contributed by atoms with Crippen LogP contribution in [0, 0.1) is 12.3 Å². The third-order valence-corrected chi connectivity index (χ3v) is 3.67. The van der Waals surface area contributed by atoms with Gasteiger partial charge in [-0.15, -0.1) is 6.42 Å². The van der Waals surface area contributed by atoms with Crippen molar-refractivity contribution in [2.24, 2.45) is 0 Å². The number of rotatable bonds is 1. The number of hydrogen-bond donors (Lipinski definition) is 0. The van der Waals surface area contributed by atoms with E-state index in [2.05, 4.69) is 18.1 Å². The molecular formula is C18H23NO2. The Kier molecular flexibility index (Phi) is 4.57. The van der Waals surface area contributed by atoms with Crippen molar-refractivity contribution in [1.29, 1.82) is 0 Å². The zero-order chi connectivity index (χ0) is 15.5. The van der Waals surface area contributed by atoms with Gasteiger partial charge in [-0.1, -0.05) is 18.1 Å². The summed E-state index contributed by atoms with van der Waals surface area (Å²) >= 11 is 0. The molecule has 0 saturated carbocycles. The summed E-state index contributed by atoms with van der Waals surface area (Å²) in [5, 5.41) is 0. The van der Waals surface area contributed by atoms with Crippen LogP contribution in [0.1, 0.15) is 50.7 Å². The number of carbonyl (C=O) groups is 1. The Hall–Kier alpha value is -1.95. The van der Waals surface area contributed by atoms with Gasteiger partial charge in [0.25, 0.3) is 0 Å². The maximum Gasteiger partial charge on any atom is 0.410 e. The molecule has 2 rings (SSSR count). The van der Waals surface area contributed by atoms with Crippen molar-refractivity contribution in [3.63, 3.8) is 0 Å². The second-order valence-corrected chi connectivity index (χ2v) is 6.51. The minimum Gasteiger partial charge on any atom is -0.444 e. The quantitative estimate of drug-likeness (QED) is 0.735. The predicted octanol–water partition coefficient (Wildman–Crippen LogP) is 3.78. The van der Waals surface area contributed by atoms with Crippen LogP contribution in [-0.4, -0.2) is 29.7 Å². The van der Waals surface area contributed by atoms with Gasteiger partial charge in [0, 0.05) is 18.7 Å². The lowest BCUT2D eigenvalue weighted by molar-refractivity contribution is 0.0205. The van der Waals surface area contributed by atoms with E-state index in [1.807, 2.05) is 32.9 Å². The molecule has 0 aromatic heterocycles. The van der Waals surface area contributed by atoms with E-state index in [4.69, 9.17) is 11.2 Å². The van der Waals surface area contributed by atoms with Crippen LogP contribution in [0.4, 0.5) is 4.79 Å².